The maximum absolute atomic E-state index is 14.6. The molecule has 10 heteroatoms. The average molecular weight is 396 g/mol. The van der Waals surface area contributed by atoms with Gasteiger partial charge in [0.15, 0.2) is 5.69 Å². The van der Waals surface area contributed by atoms with E-state index < -0.39 is 46.8 Å². The van der Waals surface area contributed by atoms with Gasteiger partial charge >= 0.3 is 6.18 Å². The van der Waals surface area contributed by atoms with Gasteiger partial charge in [-0.1, -0.05) is 0 Å². The zero-order chi connectivity index (χ0) is 20.2. The molecule has 4 rings (SSSR count). The number of alkyl halides is 3. The van der Waals surface area contributed by atoms with Crippen molar-refractivity contribution in [2.45, 2.75) is 12.1 Å². The van der Waals surface area contributed by atoms with Gasteiger partial charge in [0.2, 0.25) is 11.8 Å². The highest BCUT2D eigenvalue weighted by Crippen LogP contribution is 2.49. The molecule has 0 bridgehead atoms. The molecule has 5 nitrogen and oxygen atoms in total. The number of benzene rings is 2. The Morgan fingerprint density at radius 3 is 2.46 bits per heavy atom. The lowest BCUT2D eigenvalue weighted by molar-refractivity contribution is -0.141. The summed E-state index contributed by atoms with van der Waals surface area (Å²) in [6, 6.07) is 5.46. The molecule has 1 unspecified atom stereocenters. The molecule has 144 valence electrons. The molecule has 1 aliphatic heterocycles. The monoisotopic (exact) mass is 396 g/mol. The minimum absolute atomic E-state index is 0.00875. The van der Waals surface area contributed by atoms with Gasteiger partial charge in [0.25, 0.3) is 0 Å². The highest BCUT2D eigenvalue weighted by Gasteiger charge is 2.39. The molecule has 0 spiro atoms. The number of fused-ring (bicyclic) bond motifs is 2. The van der Waals surface area contributed by atoms with Crippen molar-refractivity contribution in [2.24, 2.45) is 5.73 Å². The second-order valence-corrected chi connectivity index (χ2v) is 5.99. The number of carbonyl (C=O) groups is 1. The molecule has 3 aromatic rings. The molecule has 0 fully saturated rings. The Balaban J connectivity index is 1.97. The van der Waals surface area contributed by atoms with E-state index in [4.69, 9.17) is 14.9 Å². The quantitative estimate of drug-likeness (QED) is 0.653. The highest BCUT2D eigenvalue weighted by molar-refractivity contribution is 5.91. The molecular formula is C18H9F5N2O3. The van der Waals surface area contributed by atoms with Crippen LogP contribution < -0.4 is 10.5 Å². The maximum atomic E-state index is 14.6. The van der Waals surface area contributed by atoms with Gasteiger partial charge in [-0.15, -0.1) is 0 Å². The van der Waals surface area contributed by atoms with Crippen LogP contribution in [0.3, 0.4) is 0 Å². The van der Waals surface area contributed by atoms with Crippen molar-refractivity contribution in [2.75, 3.05) is 0 Å². The summed E-state index contributed by atoms with van der Waals surface area (Å²) < 4.78 is 77.2. The fourth-order valence-electron chi connectivity index (χ4n) is 3.09. The van der Waals surface area contributed by atoms with Gasteiger partial charge in [-0.05, 0) is 30.3 Å². The van der Waals surface area contributed by atoms with Crippen molar-refractivity contribution in [3.63, 3.8) is 0 Å². The van der Waals surface area contributed by atoms with Crippen molar-refractivity contribution >= 4 is 5.91 Å². The Morgan fingerprint density at radius 2 is 1.82 bits per heavy atom. The minimum Gasteiger partial charge on any atom is -0.457 e. The summed E-state index contributed by atoms with van der Waals surface area (Å²) >= 11 is 0. The number of hydrogen-bond donors (Lipinski definition) is 1. The molecule has 2 heterocycles. The summed E-state index contributed by atoms with van der Waals surface area (Å²) in [5.74, 6) is -4.72. The fourth-order valence-corrected chi connectivity index (χ4v) is 3.09. The Hall–Kier alpha value is -3.43. The topological polar surface area (TPSA) is 78.4 Å². The van der Waals surface area contributed by atoms with Crippen molar-refractivity contribution < 1.29 is 35.9 Å². The number of nitrogens with zero attached hydrogens (tertiary/aromatic N) is 1. The lowest BCUT2D eigenvalue weighted by Gasteiger charge is -2.27. The summed E-state index contributed by atoms with van der Waals surface area (Å²) in [6.07, 6.45) is -4.49. The predicted molar refractivity (Wildman–Crippen MR) is 84.4 cm³/mol. The third kappa shape index (κ3) is 2.77. The molecule has 2 N–H and O–H groups in total. The van der Waals surface area contributed by atoms with Gasteiger partial charge in [0, 0.05) is 11.1 Å². The molecular weight excluding hydrogens is 387 g/mol. The van der Waals surface area contributed by atoms with Crippen molar-refractivity contribution in [1.82, 2.24) is 4.98 Å². The van der Waals surface area contributed by atoms with Gasteiger partial charge in [0.1, 0.15) is 29.4 Å². The number of nitrogens with two attached hydrogens (primary N) is 1. The maximum Gasteiger partial charge on any atom is 0.436 e. The van der Waals surface area contributed by atoms with Gasteiger partial charge < -0.3 is 14.9 Å². The van der Waals surface area contributed by atoms with Crippen LogP contribution in [-0.2, 0) is 11.0 Å². The Kier molecular flexibility index (Phi) is 3.88. The Labute approximate surface area is 153 Å². The average Bonchev–Trinajstić information content (AvgIpc) is 3.09. The van der Waals surface area contributed by atoms with E-state index in [0.29, 0.717) is 6.26 Å². The summed E-state index contributed by atoms with van der Waals surface area (Å²) in [6.45, 7) is 0. The van der Waals surface area contributed by atoms with E-state index in [9.17, 15) is 26.7 Å². The van der Waals surface area contributed by atoms with Crippen molar-refractivity contribution in [3.05, 3.63) is 65.1 Å². The van der Waals surface area contributed by atoms with Crippen LogP contribution in [0.15, 0.2) is 41.0 Å². The summed E-state index contributed by atoms with van der Waals surface area (Å²) in [5.41, 5.74) is 3.37. The van der Waals surface area contributed by atoms with Crippen LogP contribution in [0.25, 0.3) is 11.5 Å². The summed E-state index contributed by atoms with van der Waals surface area (Å²) in [4.78, 5) is 15.4. The fraction of sp³-hybridized carbons (Fsp3) is 0.111. The number of primary amides is 1. The van der Waals surface area contributed by atoms with E-state index in [1.165, 1.54) is 12.1 Å². The van der Waals surface area contributed by atoms with Crippen LogP contribution in [0.1, 0.15) is 22.7 Å². The van der Waals surface area contributed by atoms with Crippen LogP contribution >= 0.6 is 0 Å². The Morgan fingerprint density at radius 1 is 1.11 bits per heavy atom. The molecule has 28 heavy (non-hydrogen) atoms. The predicted octanol–water partition coefficient (Wildman–Crippen LogP) is 4.36. The standard InChI is InChI=1S/C18H9F5N2O3/c19-7-1-3-10-8(5-7)13(16(24)26)15-11(28-10)4-2-9(20)14(15)17-25-12(6-27-17)18(21,22)23/h1-6,13H,(H2,24,26). The first-order chi connectivity index (χ1) is 13.2. The summed E-state index contributed by atoms with van der Waals surface area (Å²) in [5, 5.41) is 0. The molecule has 0 saturated heterocycles. The van der Waals surface area contributed by atoms with E-state index >= 15 is 0 Å². The molecule has 0 radical (unpaired) electrons. The largest absolute Gasteiger partial charge is 0.457 e. The number of carbonyl (C=O) groups excluding carboxylic acids is 1. The zero-order valence-corrected chi connectivity index (χ0v) is 13.7. The van der Waals surface area contributed by atoms with E-state index in [1.807, 2.05) is 0 Å². The first-order valence-corrected chi connectivity index (χ1v) is 7.79. The van der Waals surface area contributed by atoms with E-state index in [2.05, 4.69) is 4.98 Å². The molecule has 2 aromatic carbocycles. The number of ether oxygens (including phenoxy) is 1. The number of oxazole rings is 1. The van der Waals surface area contributed by atoms with E-state index in [-0.39, 0.29) is 22.6 Å². The van der Waals surface area contributed by atoms with Crippen molar-refractivity contribution in [1.29, 1.82) is 0 Å². The minimum atomic E-state index is -4.82. The van der Waals surface area contributed by atoms with Crippen LogP contribution in [0.5, 0.6) is 11.5 Å². The molecule has 0 saturated carbocycles. The van der Waals surface area contributed by atoms with Crippen molar-refractivity contribution in [3.8, 4) is 23.0 Å². The van der Waals surface area contributed by atoms with Crippen LogP contribution in [0.4, 0.5) is 22.0 Å². The number of rotatable bonds is 2. The van der Waals surface area contributed by atoms with Crippen LogP contribution in [0, 0.1) is 11.6 Å². The van der Waals surface area contributed by atoms with E-state index in [0.717, 1.165) is 18.2 Å². The van der Waals surface area contributed by atoms with Crippen LogP contribution in [-0.4, -0.2) is 10.9 Å². The molecule has 1 amide bonds. The van der Waals surface area contributed by atoms with Gasteiger partial charge in [0.05, 0.1) is 11.5 Å². The smallest absolute Gasteiger partial charge is 0.436 e. The normalized spacial score (nSPS) is 15.5. The number of aromatic nitrogens is 1. The highest BCUT2D eigenvalue weighted by atomic mass is 19.4. The third-order valence-electron chi connectivity index (χ3n) is 4.24. The lowest BCUT2D eigenvalue weighted by atomic mass is 9.84. The number of amides is 1. The molecule has 1 aliphatic rings. The molecule has 1 atom stereocenters. The van der Waals surface area contributed by atoms with E-state index in [1.54, 1.807) is 0 Å². The SMILES string of the molecule is NC(=O)C1c2cc(F)ccc2Oc2ccc(F)c(-c3nc(C(F)(F)F)co3)c21. The molecule has 1 aromatic heterocycles. The third-order valence-corrected chi connectivity index (χ3v) is 4.24. The second kappa shape index (κ2) is 6.04. The van der Waals surface area contributed by atoms with Gasteiger partial charge in [-0.2, -0.15) is 13.2 Å². The van der Waals surface area contributed by atoms with Crippen LogP contribution in [0.2, 0.25) is 0 Å². The number of halogens is 5. The lowest BCUT2D eigenvalue weighted by Crippen LogP contribution is -2.26. The van der Waals surface area contributed by atoms with Gasteiger partial charge in [-0.3, -0.25) is 4.79 Å². The van der Waals surface area contributed by atoms with Gasteiger partial charge in [-0.25, -0.2) is 13.8 Å². The first-order valence-electron chi connectivity index (χ1n) is 7.79. The number of hydrogen-bond acceptors (Lipinski definition) is 4. The summed E-state index contributed by atoms with van der Waals surface area (Å²) in [7, 11) is 0. The molecule has 0 aliphatic carbocycles. The zero-order valence-electron chi connectivity index (χ0n) is 13.7. The first kappa shape index (κ1) is 18.0. The second-order valence-electron chi connectivity index (χ2n) is 5.99. The Bertz CT molecular complexity index is 1110.